The van der Waals surface area contributed by atoms with Crippen LogP contribution in [0.15, 0.2) is 22.8 Å². The summed E-state index contributed by atoms with van der Waals surface area (Å²) in [6.07, 6.45) is 6.42. The van der Waals surface area contributed by atoms with E-state index in [0.717, 1.165) is 30.6 Å². The van der Waals surface area contributed by atoms with Crippen molar-refractivity contribution >= 4 is 0 Å². The summed E-state index contributed by atoms with van der Waals surface area (Å²) in [5.74, 6) is 3.95. The lowest BCUT2D eigenvalue weighted by atomic mass is 9.79. The van der Waals surface area contributed by atoms with Gasteiger partial charge in [0.2, 0.25) is 5.82 Å². The third-order valence-corrected chi connectivity index (χ3v) is 4.67. The van der Waals surface area contributed by atoms with Gasteiger partial charge in [-0.2, -0.15) is 5.10 Å². The van der Waals surface area contributed by atoms with Crippen LogP contribution in [0.1, 0.15) is 38.9 Å². The Kier molecular flexibility index (Phi) is 4.39. The van der Waals surface area contributed by atoms with Crippen LogP contribution in [0.4, 0.5) is 0 Å². The second kappa shape index (κ2) is 6.43. The van der Waals surface area contributed by atoms with Gasteiger partial charge < -0.3 is 9.73 Å². The Balaban J connectivity index is 1.46. The number of rotatable bonds is 5. The molecule has 0 amide bonds. The van der Waals surface area contributed by atoms with Gasteiger partial charge in [-0.05, 0) is 43.2 Å². The minimum atomic E-state index is 0.634. The van der Waals surface area contributed by atoms with Gasteiger partial charge in [-0.25, -0.2) is 4.98 Å². The molecule has 2 aromatic heterocycles. The smallest absolute Gasteiger partial charge is 0.216 e. The highest BCUT2D eigenvalue weighted by Gasteiger charge is 2.23. The van der Waals surface area contributed by atoms with Crippen LogP contribution in [-0.4, -0.2) is 27.8 Å². The molecule has 2 aromatic rings. The lowest BCUT2D eigenvalue weighted by molar-refractivity contribution is 0.227. The quantitative estimate of drug-likeness (QED) is 0.887. The number of hydrogen-bond donors (Lipinski definition) is 2. The van der Waals surface area contributed by atoms with Crippen LogP contribution in [0.3, 0.4) is 0 Å². The van der Waals surface area contributed by atoms with Crippen molar-refractivity contribution < 1.29 is 4.42 Å². The van der Waals surface area contributed by atoms with E-state index in [1.54, 1.807) is 6.26 Å². The Morgan fingerprint density at radius 2 is 2.24 bits per heavy atom. The lowest BCUT2D eigenvalue weighted by Crippen LogP contribution is -2.37. The maximum absolute atomic E-state index is 5.29. The van der Waals surface area contributed by atoms with Crippen LogP contribution in [0.25, 0.3) is 11.6 Å². The summed E-state index contributed by atoms with van der Waals surface area (Å²) in [6.45, 7) is 5.68. The van der Waals surface area contributed by atoms with E-state index in [0.29, 0.717) is 17.6 Å². The molecular weight excluding hydrogens is 264 g/mol. The Labute approximate surface area is 125 Å². The van der Waals surface area contributed by atoms with Crippen LogP contribution < -0.4 is 5.32 Å². The summed E-state index contributed by atoms with van der Waals surface area (Å²) in [6, 6.07) is 4.37. The molecule has 3 atom stereocenters. The van der Waals surface area contributed by atoms with Crippen LogP contribution in [0.2, 0.25) is 0 Å². The Morgan fingerprint density at radius 3 is 3.00 bits per heavy atom. The first-order chi connectivity index (χ1) is 10.2. The predicted molar refractivity (Wildman–Crippen MR) is 81.8 cm³/mol. The van der Waals surface area contributed by atoms with Crippen molar-refractivity contribution in [1.82, 2.24) is 20.5 Å². The van der Waals surface area contributed by atoms with Crippen molar-refractivity contribution in [3.8, 4) is 11.6 Å². The molecule has 3 rings (SSSR count). The summed E-state index contributed by atoms with van der Waals surface area (Å²) < 4.78 is 5.29. The molecule has 1 saturated carbocycles. The summed E-state index contributed by atoms with van der Waals surface area (Å²) >= 11 is 0. The molecule has 0 radical (unpaired) electrons. The summed E-state index contributed by atoms with van der Waals surface area (Å²) in [5, 5.41) is 10.8. The zero-order valence-electron chi connectivity index (χ0n) is 12.8. The fourth-order valence-corrected chi connectivity index (χ4v) is 3.05. The number of furan rings is 1. The normalized spacial score (nSPS) is 26.1. The summed E-state index contributed by atoms with van der Waals surface area (Å²) in [7, 11) is 0. The van der Waals surface area contributed by atoms with Gasteiger partial charge in [0.15, 0.2) is 5.76 Å². The monoisotopic (exact) mass is 288 g/mol. The van der Waals surface area contributed by atoms with Crippen LogP contribution in [0, 0.1) is 11.8 Å². The number of nitrogens with one attached hydrogen (secondary N) is 2. The largest absolute Gasteiger partial charge is 0.461 e. The number of H-pyrrole nitrogens is 1. The maximum atomic E-state index is 5.29. The summed E-state index contributed by atoms with van der Waals surface area (Å²) in [5.41, 5.74) is 0. The van der Waals surface area contributed by atoms with Gasteiger partial charge in [-0.3, -0.25) is 5.10 Å². The average Bonchev–Trinajstić information content (AvgIpc) is 3.13. The zero-order chi connectivity index (χ0) is 14.7. The second-order valence-electron chi connectivity index (χ2n) is 6.25. The molecule has 1 fully saturated rings. The first-order valence-corrected chi connectivity index (χ1v) is 7.91. The average molecular weight is 288 g/mol. The van der Waals surface area contributed by atoms with E-state index in [-0.39, 0.29) is 0 Å². The number of hydrogen-bond acceptors (Lipinski definition) is 4. The van der Waals surface area contributed by atoms with Gasteiger partial charge in [0.25, 0.3) is 0 Å². The molecule has 114 valence electrons. The molecule has 0 aromatic carbocycles. The molecular formula is C16H24N4O. The first kappa shape index (κ1) is 14.3. The summed E-state index contributed by atoms with van der Waals surface area (Å²) in [4.78, 5) is 4.46. The lowest BCUT2D eigenvalue weighted by Gasteiger charge is -2.32. The van der Waals surface area contributed by atoms with Crippen molar-refractivity contribution in [2.75, 3.05) is 6.54 Å². The Bertz CT molecular complexity index is 548. The number of nitrogens with zero attached hydrogens (tertiary/aromatic N) is 2. The van der Waals surface area contributed by atoms with Crippen LogP contribution in [0.5, 0.6) is 0 Å². The minimum Gasteiger partial charge on any atom is -0.461 e. The van der Waals surface area contributed by atoms with Crippen LogP contribution >= 0.6 is 0 Å². The molecule has 0 unspecified atom stereocenters. The van der Waals surface area contributed by atoms with Gasteiger partial charge >= 0.3 is 0 Å². The predicted octanol–water partition coefficient (Wildman–Crippen LogP) is 3.02. The molecule has 0 aliphatic heterocycles. The molecule has 1 aliphatic carbocycles. The topological polar surface area (TPSA) is 66.7 Å². The third-order valence-electron chi connectivity index (χ3n) is 4.67. The van der Waals surface area contributed by atoms with Crippen molar-refractivity contribution in [3.63, 3.8) is 0 Å². The van der Waals surface area contributed by atoms with E-state index in [4.69, 9.17) is 4.42 Å². The van der Waals surface area contributed by atoms with Gasteiger partial charge in [0, 0.05) is 19.0 Å². The molecule has 0 bridgehead atoms. The SMILES string of the molecule is C[C@@H]1CC[C@H](NCCc2nc(-c3ccco3)n[nH]2)C[C@H]1C. The van der Waals surface area contributed by atoms with E-state index in [2.05, 4.69) is 34.3 Å². The second-order valence-corrected chi connectivity index (χ2v) is 6.25. The van der Waals surface area contributed by atoms with E-state index in [1.165, 1.54) is 19.3 Å². The fourth-order valence-electron chi connectivity index (χ4n) is 3.05. The van der Waals surface area contributed by atoms with E-state index in [9.17, 15) is 0 Å². The molecule has 21 heavy (non-hydrogen) atoms. The van der Waals surface area contributed by atoms with Crippen molar-refractivity contribution in [2.45, 2.75) is 45.6 Å². The molecule has 1 aliphatic rings. The molecule has 2 heterocycles. The van der Waals surface area contributed by atoms with Gasteiger partial charge in [0.1, 0.15) is 5.82 Å². The molecule has 2 N–H and O–H groups in total. The van der Waals surface area contributed by atoms with Gasteiger partial charge in [0.05, 0.1) is 6.26 Å². The molecule has 5 heteroatoms. The highest BCUT2D eigenvalue weighted by molar-refractivity contribution is 5.45. The number of aromatic amines is 1. The molecule has 5 nitrogen and oxygen atoms in total. The fraction of sp³-hybridized carbons (Fsp3) is 0.625. The molecule has 0 saturated heterocycles. The molecule has 0 spiro atoms. The van der Waals surface area contributed by atoms with Gasteiger partial charge in [-0.1, -0.05) is 13.8 Å². The van der Waals surface area contributed by atoms with Crippen molar-refractivity contribution in [2.24, 2.45) is 11.8 Å². The maximum Gasteiger partial charge on any atom is 0.216 e. The van der Waals surface area contributed by atoms with Gasteiger partial charge in [-0.15, -0.1) is 0 Å². The van der Waals surface area contributed by atoms with Crippen molar-refractivity contribution in [3.05, 3.63) is 24.2 Å². The van der Waals surface area contributed by atoms with Crippen molar-refractivity contribution in [1.29, 1.82) is 0 Å². The van der Waals surface area contributed by atoms with E-state index >= 15 is 0 Å². The van der Waals surface area contributed by atoms with Crippen LogP contribution in [-0.2, 0) is 6.42 Å². The third kappa shape index (κ3) is 3.53. The minimum absolute atomic E-state index is 0.634. The Hall–Kier alpha value is -1.62. The zero-order valence-corrected chi connectivity index (χ0v) is 12.8. The Morgan fingerprint density at radius 1 is 1.33 bits per heavy atom. The van der Waals surface area contributed by atoms with E-state index in [1.807, 2.05) is 12.1 Å². The highest BCUT2D eigenvalue weighted by atomic mass is 16.3. The first-order valence-electron chi connectivity index (χ1n) is 7.91. The number of aromatic nitrogens is 3. The standard InChI is InChI=1S/C16H24N4O/c1-11-5-6-13(10-12(11)2)17-8-7-15-18-16(20-19-15)14-4-3-9-21-14/h3-4,9,11-13,17H,5-8,10H2,1-2H3,(H,18,19,20)/t11-,12-,13+/m1/s1. The highest BCUT2D eigenvalue weighted by Crippen LogP contribution is 2.29. The van der Waals surface area contributed by atoms with E-state index < -0.39 is 0 Å².